The highest BCUT2D eigenvalue weighted by atomic mass is 32.2. The van der Waals surface area contributed by atoms with Crippen LogP contribution in [-0.4, -0.2) is 24.3 Å². The van der Waals surface area contributed by atoms with Gasteiger partial charge in [-0.25, -0.2) is 13.4 Å². The van der Waals surface area contributed by atoms with Crippen molar-refractivity contribution in [1.29, 1.82) is 0 Å². The number of pyridine rings is 1. The van der Waals surface area contributed by atoms with Crippen molar-refractivity contribution in [2.45, 2.75) is 31.3 Å². The van der Waals surface area contributed by atoms with Crippen LogP contribution < -0.4 is 0 Å². The third-order valence-corrected chi connectivity index (χ3v) is 6.74. The first-order valence-electron chi connectivity index (χ1n) is 8.55. The van der Waals surface area contributed by atoms with E-state index < -0.39 is 10.0 Å². The van der Waals surface area contributed by atoms with E-state index in [9.17, 15) is 8.42 Å². The van der Waals surface area contributed by atoms with Gasteiger partial charge in [-0.1, -0.05) is 49.4 Å². The summed E-state index contributed by atoms with van der Waals surface area (Å²) in [5, 5.41) is 1.73. The minimum absolute atomic E-state index is 0.156. The van der Waals surface area contributed by atoms with Crippen molar-refractivity contribution < 1.29 is 8.42 Å². The molecule has 0 atom stereocenters. The van der Waals surface area contributed by atoms with Crippen molar-refractivity contribution in [2.75, 3.05) is 6.54 Å². The smallest absolute Gasteiger partial charge is 0.243 e. The molecule has 0 unspecified atom stereocenters. The fourth-order valence-electron chi connectivity index (χ4n) is 3.58. The van der Waals surface area contributed by atoms with Gasteiger partial charge < -0.3 is 0 Å². The summed E-state index contributed by atoms with van der Waals surface area (Å²) in [7, 11) is -3.63. The number of sulfonamides is 1. The van der Waals surface area contributed by atoms with Gasteiger partial charge in [-0.15, -0.1) is 0 Å². The average molecular weight is 352 g/mol. The Kier molecular flexibility index (Phi) is 4.06. The summed E-state index contributed by atoms with van der Waals surface area (Å²) in [6, 6.07) is 15.6. The molecule has 4 rings (SSSR count). The van der Waals surface area contributed by atoms with E-state index in [0.29, 0.717) is 18.5 Å². The van der Waals surface area contributed by atoms with Crippen molar-refractivity contribution in [1.82, 2.24) is 9.29 Å². The topological polar surface area (TPSA) is 50.3 Å². The van der Waals surface area contributed by atoms with Crippen LogP contribution in [0.4, 0.5) is 0 Å². The molecule has 0 bridgehead atoms. The predicted octanol–water partition coefficient (Wildman–Crippen LogP) is 3.54. The van der Waals surface area contributed by atoms with Gasteiger partial charge in [-0.2, -0.15) is 4.31 Å². The lowest BCUT2D eigenvalue weighted by molar-refractivity contribution is 0.389. The SMILES string of the molecule is CCc1cccc2c1CN(S(=O)(=O)c1nccc3ccccc13)CC2. The maximum absolute atomic E-state index is 13.3. The van der Waals surface area contributed by atoms with Crippen molar-refractivity contribution >= 4 is 20.8 Å². The zero-order valence-electron chi connectivity index (χ0n) is 14.1. The van der Waals surface area contributed by atoms with Gasteiger partial charge in [0.2, 0.25) is 0 Å². The summed E-state index contributed by atoms with van der Waals surface area (Å²) in [6.45, 7) is 3.02. The zero-order chi connectivity index (χ0) is 17.4. The first kappa shape index (κ1) is 16.2. The van der Waals surface area contributed by atoms with E-state index in [1.165, 1.54) is 11.1 Å². The van der Waals surface area contributed by atoms with Gasteiger partial charge in [0.15, 0.2) is 5.03 Å². The van der Waals surface area contributed by atoms with Gasteiger partial charge >= 0.3 is 0 Å². The van der Waals surface area contributed by atoms with Gasteiger partial charge in [0.05, 0.1) is 0 Å². The lowest BCUT2D eigenvalue weighted by Gasteiger charge is -2.29. The van der Waals surface area contributed by atoms with Gasteiger partial charge in [0.25, 0.3) is 10.0 Å². The Bertz CT molecular complexity index is 1030. The van der Waals surface area contributed by atoms with Crippen molar-refractivity contribution in [3.8, 4) is 0 Å². The molecule has 3 aromatic rings. The minimum atomic E-state index is -3.63. The summed E-state index contributed by atoms with van der Waals surface area (Å²) in [5.74, 6) is 0. The van der Waals surface area contributed by atoms with Gasteiger partial charge in [0, 0.05) is 24.7 Å². The van der Waals surface area contributed by atoms with E-state index in [1.54, 1.807) is 10.5 Å². The Balaban J connectivity index is 1.79. The molecule has 1 aromatic heterocycles. The molecule has 0 radical (unpaired) electrons. The first-order chi connectivity index (χ1) is 12.1. The Hall–Kier alpha value is -2.24. The second-order valence-electron chi connectivity index (χ2n) is 6.33. The summed E-state index contributed by atoms with van der Waals surface area (Å²) in [6.07, 6.45) is 3.22. The largest absolute Gasteiger partial charge is 0.261 e. The van der Waals surface area contributed by atoms with Crippen LogP contribution in [0, 0.1) is 0 Å². The monoisotopic (exact) mass is 352 g/mol. The van der Waals surface area contributed by atoms with Crippen molar-refractivity contribution in [3.05, 3.63) is 71.4 Å². The van der Waals surface area contributed by atoms with Crippen molar-refractivity contribution in [2.24, 2.45) is 0 Å². The molecule has 0 N–H and O–H groups in total. The fourth-order valence-corrected chi connectivity index (χ4v) is 5.11. The number of nitrogens with zero attached hydrogens (tertiary/aromatic N) is 2. The number of aromatic nitrogens is 1. The molecule has 2 aromatic carbocycles. The number of aryl methyl sites for hydroxylation is 1. The molecular formula is C20H20N2O2S. The lowest BCUT2D eigenvalue weighted by Crippen LogP contribution is -2.37. The maximum Gasteiger partial charge on any atom is 0.261 e. The van der Waals surface area contributed by atoms with Crippen LogP contribution in [-0.2, 0) is 29.4 Å². The normalized spacial score (nSPS) is 15.2. The molecular weight excluding hydrogens is 332 g/mol. The van der Waals surface area contributed by atoms with Crippen molar-refractivity contribution in [3.63, 3.8) is 0 Å². The van der Waals surface area contributed by atoms with Gasteiger partial charge in [0.1, 0.15) is 0 Å². The highest BCUT2D eigenvalue weighted by Crippen LogP contribution is 2.29. The quantitative estimate of drug-likeness (QED) is 0.724. The molecule has 5 heteroatoms. The summed E-state index contributed by atoms with van der Waals surface area (Å²) >= 11 is 0. The van der Waals surface area contributed by atoms with E-state index in [2.05, 4.69) is 30.1 Å². The fraction of sp³-hybridized carbons (Fsp3) is 0.250. The standard InChI is InChI=1S/C20H20N2O2S/c1-2-15-7-5-8-17-11-13-22(14-19(15)17)25(23,24)20-18-9-4-3-6-16(18)10-12-21-20/h3-10,12H,2,11,13-14H2,1H3. The molecule has 0 saturated heterocycles. The minimum Gasteiger partial charge on any atom is -0.243 e. The third-order valence-electron chi connectivity index (χ3n) is 4.94. The van der Waals surface area contributed by atoms with Crippen LogP contribution in [0.2, 0.25) is 0 Å². The highest BCUT2D eigenvalue weighted by Gasteiger charge is 2.31. The van der Waals surface area contributed by atoms with Crippen LogP contribution in [0.5, 0.6) is 0 Å². The molecule has 0 saturated carbocycles. The molecule has 2 heterocycles. The van der Waals surface area contributed by atoms with E-state index in [4.69, 9.17) is 0 Å². The Morgan fingerprint density at radius 2 is 1.92 bits per heavy atom. The lowest BCUT2D eigenvalue weighted by atomic mass is 9.95. The van der Waals surface area contributed by atoms with Gasteiger partial charge in [-0.3, -0.25) is 0 Å². The van der Waals surface area contributed by atoms with Crippen LogP contribution in [0.25, 0.3) is 10.8 Å². The Morgan fingerprint density at radius 3 is 2.76 bits per heavy atom. The molecule has 25 heavy (non-hydrogen) atoms. The predicted molar refractivity (Wildman–Crippen MR) is 98.9 cm³/mol. The van der Waals surface area contributed by atoms with E-state index in [0.717, 1.165) is 23.8 Å². The number of rotatable bonds is 3. The molecule has 1 aliphatic heterocycles. The van der Waals surface area contributed by atoms with Gasteiger partial charge in [-0.05, 0) is 41.0 Å². The molecule has 0 spiro atoms. The van der Waals surface area contributed by atoms with Crippen LogP contribution in [0.1, 0.15) is 23.6 Å². The van der Waals surface area contributed by atoms with Crippen LogP contribution in [0.3, 0.4) is 0 Å². The van der Waals surface area contributed by atoms with E-state index in [-0.39, 0.29) is 5.03 Å². The summed E-state index contributed by atoms with van der Waals surface area (Å²) < 4.78 is 28.1. The molecule has 4 nitrogen and oxygen atoms in total. The average Bonchev–Trinajstić information content (AvgIpc) is 2.66. The molecule has 0 amide bonds. The second kappa shape index (κ2) is 6.24. The summed E-state index contributed by atoms with van der Waals surface area (Å²) in [4.78, 5) is 4.22. The number of fused-ring (bicyclic) bond motifs is 2. The number of hydrogen-bond acceptors (Lipinski definition) is 3. The zero-order valence-corrected chi connectivity index (χ0v) is 15.0. The third kappa shape index (κ3) is 2.73. The number of hydrogen-bond donors (Lipinski definition) is 0. The molecule has 1 aliphatic rings. The summed E-state index contributed by atoms with van der Waals surface area (Å²) in [5.41, 5.74) is 3.64. The first-order valence-corrected chi connectivity index (χ1v) is 9.99. The maximum atomic E-state index is 13.3. The second-order valence-corrected chi connectivity index (χ2v) is 8.19. The molecule has 0 aliphatic carbocycles. The molecule has 0 fully saturated rings. The molecule has 128 valence electrons. The Labute approximate surface area is 148 Å². The van der Waals surface area contributed by atoms with Crippen LogP contribution >= 0.6 is 0 Å². The van der Waals surface area contributed by atoms with E-state index >= 15 is 0 Å². The highest BCUT2D eigenvalue weighted by molar-refractivity contribution is 7.89. The number of benzene rings is 2. The van der Waals surface area contributed by atoms with Crippen LogP contribution in [0.15, 0.2) is 59.8 Å². The Morgan fingerprint density at radius 1 is 1.08 bits per heavy atom. The van der Waals surface area contributed by atoms with E-state index in [1.807, 2.05) is 30.3 Å².